The molecule has 0 bridgehead atoms. The highest BCUT2D eigenvalue weighted by Crippen LogP contribution is 2.24. The van der Waals surface area contributed by atoms with Crippen molar-refractivity contribution in [1.29, 1.82) is 0 Å². The molecule has 0 spiro atoms. The molecule has 4 heteroatoms. The SMILES string of the molecule is CC/C=C/CCC(O)C[N+](CCCCC)(CCCCC)C(CCC)C(=O)O. The Morgan fingerprint density at radius 1 is 0.889 bits per heavy atom. The van der Waals surface area contributed by atoms with E-state index in [-0.39, 0.29) is 0 Å². The van der Waals surface area contributed by atoms with Crippen LogP contribution in [0.4, 0.5) is 0 Å². The first-order chi connectivity index (χ1) is 13.0. The first-order valence-electron chi connectivity index (χ1n) is 11.4. The molecule has 0 saturated heterocycles. The highest BCUT2D eigenvalue weighted by molar-refractivity contribution is 5.72. The number of quaternary nitrogens is 1. The lowest BCUT2D eigenvalue weighted by Crippen LogP contribution is -2.62. The Balaban J connectivity index is 5.42. The Kier molecular flexibility index (Phi) is 15.6. The standard InChI is InChI=1S/C23H45NO3/c1-5-9-12-13-17-21(25)20-24(18-14-10-6-2,19-15-11-7-3)22(16-8-4)23(26)27/h9,12,21-22,25H,5-8,10-11,13-20H2,1-4H3/p+1/b12-9+. The molecular weight excluding hydrogens is 338 g/mol. The highest BCUT2D eigenvalue weighted by Gasteiger charge is 2.41. The lowest BCUT2D eigenvalue weighted by Gasteiger charge is -2.44. The van der Waals surface area contributed by atoms with E-state index >= 15 is 0 Å². The van der Waals surface area contributed by atoms with Crippen LogP contribution in [-0.4, -0.2) is 52.4 Å². The van der Waals surface area contributed by atoms with E-state index in [9.17, 15) is 15.0 Å². The van der Waals surface area contributed by atoms with E-state index in [2.05, 4.69) is 39.8 Å². The van der Waals surface area contributed by atoms with Crippen LogP contribution in [0.15, 0.2) is 12.2 Å². The molecule has 0 aromatic rings. The van der Waals surface area contributed by atoms with Gasteiger partial charge < -0.3 is 14.7 Å². The molecule has 0 aliphatic carbocycles. The number of carboxylic acids is 1. The highest BCUT2D eigenvalue weighted by atomic mass is 16.4. The van der Waals surface area contributed by atoms with Crippen LogP contribution in [-0.2, 0) is 4.79 Å². The van der Waals surface area contributed by atoms with E-state index in [4.69, 9.17) is 0 Å². The number of rotatable bonds is 18. The summed E-state index contributed by atoms with van der Waals surface area (Å²) in [6.07, 6.45) is 14.6. The van der Waals surface area contributed by atoms with Crippen molar-refractivity contribution >= 4 is 5.97 Å². The Hall–Kier alpha value is -0.870. The molecular formula is C23H46NO3+. The van der Waals surface area contributed by atoms with Crippen molar-refractivity contribution < 1.29 is 19.5 Å². The molecule has 2 N–H and O–H groups in total. The Bertz CT molecular complexity index is 385. The van der Waals surface area contributed by atoms with Gasteiger partial charge in [0.05, 0.1) is 13.1 Å². The summed E-state index contributed by atoms with van der Waals surface area (Å²) in [6, 6.07) is -0.399. The van der Waals surface area contributed by atoms with Crippen LogP contribution in [0.3, 0.4) is 0 Å². The molecule has 0 aliphatic rings. The maximum Gasteiger partial charge on any atom is 0.362 e. The topological polar surface area (TPSA) is 57.5 Å². The number of hydrogen-bond acceptors (Lipinski definition) is 2. The lowest BCUT2D eigenvalue weighted by atomic mass is 10.0. The first-order valence-corrected chi connectivity index (χ1v) is 11.4. The van der Waals surface area contributed by atoms with Crippen molar-refractivity contribution in [2.75, 3.05) is 19.6 Å². The number of hydrogen-bond donors (Lipinski definition) is 2. The van der Waals surface area contributed by atoms with Gasteiger partial charge in [-0.15, -0.1) is 0 Å². The zero-order valence-corrected chi connectivity index (χ0v) is 18.5. The average molecular weight is 385 g/mol. The molecule has 0 amide bonds. The van der Waals surface area contributed by atoms with E-state index in [1.807, 2.05) is 0 Å². The summed E-state index contributed by atoms with van der Waals surface area (Å²) in [7, 11) is 0. The summed E-state index contributed by atoms with van der Waals surface area (Å²) in [6.45, 7) is 10.9. The number of carboxylic acid groups (broad SMARTS) is 1. The molecule has 0 heterocycles. The Labute approximate surface area is 168 Å². The van der Waals surface area contributed by atoms with Crippen LogP contribution < -0.4 is 0 Å². The van der Waals surface area contributed by atoms with Crippen molar-refractivity contribution in [3.63, 3.8) is 0 Å². The molecule has 0 rings (SSSR count). The maximum atomic E-state index is 12.2. The van der Waals surface area contributed by atoms with Gasteiger partial charge >= 0.3 is 5.97 Å². The molecule has 27 heavy (non-hydrogen) atoms. The van der Waals surface area contributed by atoms with Crippen molar-refractivity contribution in [2.24, 2.45) is 0 Å². The minimum absolute atomic E-state index is 0.399. The van der Waals surface area contributed by atoms with Gasteiger partial charge in [0.1, 0.15) is 12.6 Å². The second-order valence-corrected chi connectivity index (χ2v) is 8.02. The number of aliphatic hydroxyl groups excluding tert-OH is 1. The normalized spacial score (nSPS) is 14.6. The number of unbranched alkanes of at least 4 members (excludes halogenated alkanes) is 4. The third-order valence-electron chi connectivity index (χ3n) is 5.57. The monoisotopic (exact) mass is 384 g/mol. The van der Waals surface area contributed by atoms with Gasteiger partial charge in [-0.1, -0.05) is 52.7 Å². The number of aliphatic carboxylic acids is 1. The number of carbonyl (C=O) groups is 1. The largest absolute Gasteiger partial charge is 0.477 e. The second-order valence-electron chi connectivity index (χ2n) is 8.02. The minimum Gasteiger partial charge on any atom is -0.477 e. The fourth-order valence-corrected chi connectivity index (χ4v) is 4.08. The van der Waals surface area contributed by atoms with E-state index in [0.29, 0.717) is 17.4 Å². The predicted octanol–water partition coefficient (Wildman–Crippen LogP) is 5.54. The summed E-state index contributed by atoms with van der Waals surface area (Å²) in [5.74, 6) is -0.692. The fourth-order valence-electron chi connectivity index (χ4n) is 4.08. The van der Waals surface area contributed by atoms with Crippen molar-refractivity contribution in [3.8, 4) is 0 Å². The Morgan fingerprint density at radius 3 is 1.93 bits per heavy atom. The minimum atomic E-state index is -0.692. The molecule has 2 atom stereocenters. The van der Waals surface area contributed by atoms with Crippen LogP contribution in [0.25, 0.3) is 0 Å². The van der Waals surface area contributed by atoms with E-state index in [1.54, 1.807) is 0 Å². The molecule has 4 nitrogen and oxygen atoms in total. The molecule has 0 aliphatic heterocycles. The van der Waals surface area contributed by atoms with Gasteiger partial charge in [0.2, 0.25) is 0 Å². The van der Waals surface area contributed by atoms with Crippen LogP contribution in [0, 0.1) is 0 Å². The molecule has 0 radical (unpaired) electrons. The van der Waals surface area contributed by atoms with Gasteiger partial charge in [0, 0.05) is 6.42 Å². The summed E-state index contributed by atoms with van der Waals surface area (Å²) >= 11 is 0. The summed E-state index contributed by atoms with van der Waals surface area (Å²) in [5, 5.41) is 20.8. The maximum absolute atomic E-state index is 12.2. The fraction of sp³-hybridized carbons (Fsp3) is 0.870. The van der Waals surface area contributed by atoms with Gasteiger partial charge in [-0.25, -0.2) is 4.79 Å². The lowest BCUT2D eigenvalue weighted by molar-refractivity contribution is -0.946. The van der Waals surface area contributed by atoms with Gasteiger partial charge in [0.15, 0.2) is 6.04 Å². The molecule has 0 saturated carbocycles. The molecule has 160 valence electrons. The van der Waals surface area contributed by atoms with Crippen LogP contribution in [0.5, 0.6) is 0 Å². The van der Waals surface area contributed by atoms with E-state index in [0.717, 1.165) is 77.3 Å². The smallest absolute Gasteiger partial charge is 0.362 e. The third-order valence-corrected chi connectivity index (χ3v) is 5.57. The average Bonchev–Trinajstić information content (AvgIpc) is 2.63. The van der Waals surface area contributed by atoms with E-state index < -0.39 is 18.1 Å². The van der Waals surface area contributed by atoms with Crippen LogP contribution in [0.1, 0.15) is 98.3 Å². The molecule has 0 fully saturated rings. The number of nitrogens with zero attached hydrogens (tertiary/aromatic N) is 1. The van der Waals surface area contributed by atoms with Gasteiger partial charge in [-0.05, 0) is 51.4 Å². The van der Waals surface area contributed by atoms with Crippen LogP contribution >= 0.6 is 0 Å². The number of aliphatic hydroxyl groups is 1. The Morgan fingerprint density at radius 2 is 1.48 bits per heavy atom. The summed E-state index contributed by atoms with van der Waals surface area (Å²) in [4.78, 5) is 12.2. The van der Waals surface area contributed by atoms with Crippen molar-refractivity contribution in [1.82, 2.24) is 0 Å². The molecule has 0 aromatic heterocycles. The summed E-state index contributed by atoms with van der Waals surface area (Å²) < 4.78 is 0.557. The van der Waals surface area contributed by atoms with Gasteiger partial charge in [-0.2, -0.15) is 0 Å². The van der Waals surface area contributed by atoms with Gasteiger partial charge in [0.25, 0.3) is 0 Å². The van der Waals surface area contributed by atoms with Gasteiger partial charge in [-0.3, -0.25) is 0 Å². The quantitative estimate of drug-likeness (QED) is 0.185. The predicted molar refractivity (Wildman–Crippen MR) is 115 cm³/mol. The van der Waals surface area contributed by atoms with Crippen LogP contribution in [0.2, 0.25) is 0 Å². The number of allylic oxidation sites excluding steroid dienone is 2. The zero-order valence-electron chi connectivity index (χ0n) is 18.5. The molecule has 2 unspecified atom stereocenters. The summed E-state index contributed by atoms with van der Waals surface area (Å²) in [5.41, 5.74) is 0. The third kappa shape index (κ3) is 10.9. The zero-order chi connectivity index (χ0) is 20.5. The van der Waals surface area contributed by atoms with Crippen molar-refractivity contribution in [2.45, 2.75) is 110 Å². The first kappa shape index (κ1) is 26.1. The second kappa shape index (κ2) is 16.1. The molecule has 0 aromatic carbocycles. The van der Waals surface area contributed by atoms with Crippen molar-refractivity contribution in [3.05, 3.63) is 12.2 Å². The van der Waals surface area contributed by atoms with E-state index in [1.165, 1.54) is 0 Å².